The molecule has 0 spiro atoms. The van der Waals surface area contributed by atoms with Gasteiger partial charge in [0, 0.05) is 6.04 Å². The Kier molecular flexibility index (Phi) is 3.52. The summed E-state index contributed by atoms with van der Waals surface area (Å²) in [5.74, 6) is 0.193. The standard InChI is InChI=1S/C13H16F3NO/c1-2-17(8-13(14,15)16)11-7-6-10-9(11)4-3-5-12(10)18/h3-5,11,18H,2,6-8H2,1H3. The van der Waals surface area contributed by atoms with Gasteiger partial charge in [0.1, 0.15) is 5.75 Å². The number of phenolic OH excluding ortho intramolecular Hbond substituents is 1. The lowest BCUT2D eigenvalue weighted by Crippen LogP contribution is -2.36. The zero-order valence-electron chi connectivity index (χ0n) is 10.2. The molecule has 0 amide bonds. The molecular formula is C13H16F3NO. The van der Waals surface area contributed by atoms with Crippen molar-refractivity contribution >= 4 is 0 Å². The van der Waals surface area contributed by atoms with Gasteiger partial charge in [-0.25, -0.2) is 0 Å². The Hall–Kier alpha value is -1.23. The van der Waals surface area contributed by atoms with Crippen LogP contribution in [0.15, 0.2) is 18.2 Å². The summed E-state index contributed by atoms with van der Waals surface area (Å²) in [4.78, 5) is 1.42. The van der Waals surface area contributed by atoms with E-state index in [9.17, 15) is 18.3 Å². The fraction of sp³-hybridized carbons (Fsp3) is 0.538. The van der Waals surface area contributed by atoms with E-state index in [1.54, 1.807) is 19.1 Å². The van der Waals surface area contributed by atoms with Crippen LogP contribution in [0.5, 0.6) is 5.75 Å². The highest BCUT2D eigenvalue weighted by Crippen LogP contribution is 2.40. The number of benzene rings is 1. The first-order valence-corrected chi connectivity index (χ1v) is 6.04. The fourth-order valence-corrected chi connectivity index (χ4v) is 2.67. The third kappa shape index (κ3) is 2.61. The van der Waals surface area contributed by atoms with Gasteiger partial charge in [-0.15, -0.1) is 0 Å². The molecule has 0 aromatic heterocycles. The summed E-state index contributed by atoms with van der Waals surface area (Å²) in [5.41, 5.74) is 1.63. The van der Waals surface area contributed by atoms with Crippen LogP contribution in [0, 0.1) is 0 Å². The minimum absolute atomic E-state index is 0.193. The number of phenols is 1. The molecule has 0 radical (unpaired) electrons. The lowest BCUT2D eigenvalue weighted by Gasteiger charge is -2.29. The van der Waals surface area contributed by atoms with Crippen molar-refractivity contribution < 1.29 is 18.3 Å². The van der Waals surface area contributed by atoms with Gasteiger partial charge in [-0.1, -0.05) is 19.1 Å². The SMILES string of the molecule is CCN(CC(F)(F)F)C1CCc2c(O)cccc21. The maximum atomic E-state index is 12.5. The Labute approximate surface area is 104 Å². The summed E-state index contributed by atoms with van der Waals surface area (Å²) in [6.45, 7) is 1.18. The Morgan fingerprint density at radius 3 is 2.72 bits per heavy atom. The van der Waals surface area contributed by atoms with E-state index >= 15 is 0 Å². The van der Waals surface area contributed by atoms with Gasteiger partial charge in [0.15, 0.2) is 0 Å². The molecule has 0 saturated carbocycles. The Balaban J connectivity index is 2.24. The molecule has 1 unspecified atom stereocenters. The molecule has 1 aromatic rings. The van der Waals surface area contributed by atoms with E-state index in [-0.39, 0.29) is 11.8 Å². The van der Waals surface area contributed by atoms with Gasteiger partial charge >= 0.3 is 6.18 Å². The smallest absolute Gasteiger partial charge is 0.401 e. The monoisotopic (exact) mass is 259 g/mol. The summed E-state index contributed by atoms with van der Waals surface area (Å²) in [6, 6.07) is 4.85. The highest BCUT2D eigenvalue weighted by molar-refractivity contribution is 5.44. The number of fused-ring (bicyclic) bond motifs is 1. The Bertz CT molecular complexity index is 431. The summed E-state index contributed by atoms with van der Waals surface area (Å²) in [7, 11) is 0. The maximum Gasteiger partial charge on any atom is 0.401 e. The largest absolute Gasteiger partial charge is 0.508 e. The number of nitrogens with zero attached hydrogens (tertiary/aromatic N) is 1. The first kappa shape index (κ1) is 13.2. The van der Waals surface area contributed by atoms with Crippen LogP contribution in [0.4, 0.5) is 13.2 Å². The molecular weight excluding hydrogens is 243 g/mol. The molecule has 0 bridgehead atoms. The first-order valence-electron chi connectivity index (χ1n) is 6.04. The molecule has 18 heavy (non-hydrogen) atoms. The number of aromatic hydroxyl groups is 1. The van der Waals surface area contributed by atoms with Crippen molar-refractivity contribution in [1.82, 2.24) is 4.90 Å². The van der Waals surface area contributed by atoms with E-state index in [4.69, 9.17) is 0 Å². The van der Waals surface area contributed by atoms with Crippen molar-refractivity contribution in [3.8, 4) is 5.75 Å². The normalized spacial score (nSPS) is 19.3. The number of hydrogen-bond acceptors (Lipinski definition) is 2. The third-order valence-electron chi connectivity index (χ3n) is 3.44. The average molecular weight is 259 g/mol. The van der Waals surface area contributed by atoms with Crippen molar-refractivity contribution in [2.75, 3.05) is 13.1 Å². The van der Waals surface area contributed by atoms with E-state index in [1.165, 1.54) is 4.90 Å². The molecule has 1 aliphatic rings. The zero-order valence-corrected chi connectivity index (χ0v) is 10.2. The second kappa shape index (κ2) is 4.80. The van der Waals surface area contributed by atoms with Crippen LogP contribution < -0.4 is 0 Å². The third-order valence-corrected chi connectivity index (χ3v) is 3.44. The van der Waals surface area contributed by atoms with E-state index in [1.807, 2.05) is 6.07 Å². The fourth-order valence-electron chi connectivity index (χ4n) is 2.67. The Morgan fingerprint density at radius 1 is 1.39 bits per heavy atom. The minimum Gasteiger partial charge on any atom is -0.508 e. The zero-order chi connectivity index (χ0) is 13.3. The topological polar surface area (TPSA) is 23.5 Å². The van der Waals surface area contributed by atoms with E-state index in [0.29, 0.717) is 19.4 Å². The van der Waals surface area contributed by atoms with Crippen molar-refractivity contribution in [2.45, 2.75) is 32.0 Å². The quantitative estimate of drug-likeness (QED) is 0.900. The first-order chi connectivity index (χ1) is 8.42. The molecule has 0 saturated heterocycles. The van der Waals surface area contributed by atoms with Gasteiger partial charge in [0.05, 0.1) is 6.54 Å². The van der Waals surface area contributed by atoms with Gasteiger partial charge in [0.2, 0.25) is 0 Å². The van der Waals surface area contributed by atoms with E-state index in [0.717, 1.165) is 11.1 Å². The molecule has 5 heteroatoms. The Morgan fingerprint density at radius 2 is 2.11 bits per heavy atom. The molecule has 1 aliphatic carbocycles. The average Bonchev–Trinajstić information content (AvgIpc) is 2.70. The minimum atomic E-state index is -4.18. The molecule has 0 aliphatic heterocycles. The number of hydrogen-bond donors (Lipinski definition) is 1. The molecule has 1 aromatic carbocycles. The molecule has 2 rings (SSSR count). The molecule has 1 atom stereocenters. The summed E-state index contributed by atoms with van der Waals surface area (Å²) >= 11 is 0. The highest BCUT2D eigenvalue weighted by atomic mass is 19.4. The number of rotatable bonds is 3. The van der Waals surface area contributed by atoms with Gasteiger partial charge in [-0.3, -0.25) is 4.90 Å². The lowest BCUT2D eigenvalue weighted by molar-refractivity contribution is -0.150. The molecule has 0 heterocycles. The van der Waals surface area contributed by atoms with Crippen LogP contribution in [0.2, 0.25) is 0 Å². The van der Waals surface area contributed by atoms with Crippen LogP contribution in [-0.2, 0) is 6.42 Å². The highest BCUT2D eigenvalue weighted by Gasteiger charge is 2.36. The van der Waals surface area contributed by atoms with Crippen molar-refractivity contribution in [3.05, 3.63) is 29.3 Å². The predicted octanol–water partition coefficient (Wildman–Crippen LogP) is 3.26. The van der Waals surface area contributed by atoms with Gasteiger partial charge in [-0.05, 0) is 36.6 Å². The van der Waals surface area contributed by atoms with Crippen LogP contribution in [0.3, 0.4) is 0 Å². The summed E-state index contributed by atoms with van der Waals surface area (Å²) < 4.78 is 37.5. The molecule has 2 nitrogen and oxygen atoms in total. The number of alkyl halides is 3. The molecule has 100 valence electrons. The van der Waals surface area contributed by atoms with Crippen LogP contribution in [0.1, 0.15) is 30.5 Å². The maximum absolute atomic E-state index is 12.5. The van der Waals surface area contributed by atoms with Crippen LogP contribution >= 0.6 is 0 Å². The second-order valence-corrected chi connectivity index (χ2v) is 4.58. The van der Waals surface area contributed by atoms with Crippen LogP contribution in [0.25, 0.3) is 0 Å². The second-order valence-electron chi connectivity index (χ2n) is 4.58. The molecule has 1 N–H and O–H groups in total. The van der Waals surface area contributed by atoms with Crippen LogP contribution in [-0.4, -0.2) is 29.3 Å². The summed E-state index contributed by atoms with van der Waals surface area (Å²) in [6.07, 6.45) is -2.91. The van der Waals surface area contributed by atoms with Crippen molar-refractivity contribution in [1.29, 1.82) is 0 Å². The van der Waals surface area contributed by atoms with Gasteiger partial charge < -0.3 is 5.11 Å². The predicted molar refractivity (Wildman–Crippen MR) is 62.5 cm³/mol. The van der Waals surface area contributed by atoms with E-state index < -0.39 is 12.7 Å². The van der Waals surface area contributed by atoms with Gasteiger partial charge in [-0.2, -0.15) is 13.2 Å². The molecule has 0 fully saturated rings. The lowest BCUT2D eigenvalue weighted by atomic mass is 10.1. The summed E-state index contributed by atoms with van der Waals surface area (Å²) in [5, 5.41) is 9.70. The number of halogens is 3. The van der Waals surface area contributed by atoms with Gasteiger partial charge in [0.25, 0.3) is 0 Å². The van der Waals surface area contributed by atoms with E-state index in [2.05, 4.69) is 0 Å². The van der Waals surface area contributed by atoms with Crippen molar-refractivity contribution in [2.24, 2.45) is 0 Å². The van der Waals surface area contributed by atoms with Crippen molar-refractivity contribution in [3.63, 3.8) is 0 Å².